The predicted octanol–water partition coefficient (Wildman–Crippen LogP) is 4.81. The maximum atomic E-state index is 4.34. The molecule has 0 aliphatic carbocycles. The van der Waals surface area contributed by atoms with E-state index in [4.69, 9.17) is 0 Å². The minimum Gasteiger partial charge on any atom is -0.370 e. The highest BCUT2D eigenvalue weighted by Crippen LogP contribution is 2.25. The molecule has 0 amide bonds. The zero-order chi connectivity index (χ0) is 14.4. The summed E-state index contributed by atoms with van der Waals surface area (Å²) in [5.41, 5.74) is 4.01. The third-order valence-electron chi connectivity index (χ3n) is 3.26. The van der Waals surface area contributed by atoms with E-state index in [0.29, 0.717) is 0 Å². The Labute approximate surface area is 126 Å². The fraction of sp³-hybridized carbons (Fsp3) is 0.353. The molecule has 2 aromatic rings. The van der Waals surface area contributed by atoms with Crippen molar-refractivity contribution >= 4 is 17.6 Å². The molecule has 1 heterocycles. The minimum atomic E-state index is 0.973. The molecule has 1 aromatic heterocycles. The molecule has 2 nitrogen and oxygen atoms in total. The lowest BCUT2D eigenvalue weighted by Gasteiger charge is -2.07. The molecule has 106 valence electrons. The molecule has 0 aliphatic heterocycles. The standard InChI is InChI=1S/C17H22N2S/c1-4-8-18-17-11-15(7-9-19-17)12-20-16-6-5-13(2)14(3)10-16/h5-7,9-11H,4,8,12H2,1-3H3,(H,18,19). The van der Waals surface area contributed by atoms with Crippen molar-refractivity contribution in [2.24, 2.45) is 0 Å². The van der Waals surface area contributed by atoms with Gasteiger partial charge in [0.2, 0.25) is 0 Å². The number of anilines is 1. The second-order valence-electron chi connectivity index (χ2n) is 5.01. The molecule has 1 aromatic carbocycles. The number of hydrogen-bond donors (Lipinski definition) is 1. The molecule has 0 bridgehead atoms. The van der Waals surface area contributed by atoms with Crippen LogP contribution in [0.15, 0.2) is 41.4 Å². The zero-order valence-corrected chi connectivity index (χ0v) is 13.3. The quantitative estimate of drug-likeness (QED) is 0.771. The summed E-state index contributed by atoms with van der Waals surface area (Å²) in [6.45, 7) is 7.45. The van der Waals surface area contributed by atoms with Gasteiger partial charge in [-0.05, 0) is 61.2 Å². The monoisotopic (exact) mass is 286 g/mol. The molecule has 0 saturated heterocycles. The highest BCUT2D eigenvalue weighted by atomic mass is 32.2. The molecule has 0 saturated carbocycles. The first-order valence-electron chi connectivity index (χ1n) is 7.08. The summed E-state index contributed by atoms with van der Waals surface area (Å²) in [4.78, 5) is 5.66. The van der Waals surface area contributed by atoms with Crippen molar-refractivity contribution in [3.05, 3.63) is 53.2 Å². The number of rotatable bonds is 6. The van der Waals surface area contributed by atoms with Crippen LogP contribution in [-0.2, 0) is 5.75 Å². The molecule has 0 unspecified atom stereocenters. The van der Waals surface area contributed by atoms with E-state index in [-0.39, 0.29) is 0 Å². The van der Waals surface area contributed by atoms with Gasteiger partial charge in [-0.25, -0.2) is 4.98 Å². The predicted molar refractivity (Wildman–Crippen MR) is 88.5 cm³/mol. The Morgan fingerprint density at radius 3 is 2.70 bits per heavy atom. The Bertz CT molecular complexity index is 567. The third-order valence-corrected chi connectivity index (χ3v) is 4.33. The minimum absolute atomic E-state index is 0.973. The van der Waals surface area contributed by atoms with Gasteiger partial charge in [-0.2, -0.15) is 0 Å². The Hall–Kier alpha value is -1.48. The molecule has 2 rings (SSSR count). The van der Waals surface area contributed by atoms with Crippen LogP contribution in [0.3, 0.4) is 0 Å². The van der Waals surface area contributed by atoms with Crippen LogP contribution < -0.4 is 5.32 Å². The van der Waals surface area contributed by atoms with E-state index in [1.54, 1.807) is 0 Å². The molecular weight excluding hydrogens is 264 g/mol. The molecule has 0 fully saturated rings. The van der Waals surface area contributed by atoms with Gasteiger partial charge in [-0.1, -0.05) is 13.0 Å². The topological polar surface area (TPSA) is 24.9 Å². The van der Waals surface area contributed by atoms with Crippen LogP contribution in [0, 0.1) is 13.8 Å². The molecule has 0 atom stereocenters. The van der Waals surface area contributed by atoms with Gasteiger partial charge in [0.25, 0.3) is 0 Å². The van der Waals surface area contributed by atoms with Gasteiger partial charge in [-0.3, -0.25) is 0 Å². The van der Waals surface area contributed by atoms with Gasteiger partial charge in [0.1, 0.15) is 5.82 Å². The average molecular weight is 286 g/mol. The van der Waals surface area contributed by atoms with E-state index >= 15 is 0 Å². The first-order valence-corrected chi connectivity index (χ1v) is 8.06. The lowest BCUT2D eigenvalue weighted by molar-refractivity contribution is 0.968. The lowest BCUT2D eigenvalue weighted by Crippen LogP contribution is -2.01. The van der Waals surface area contributed by atoms with E-state index in [0.717, 1.165) is 24.5 Å². The number of aromatic nitrogens is 1. The van der Waals surface area contributed by atoms with Gasteiger partial charge in [0, 0.05) is 23.4 Å². The van der Waals surface area contributed by atoms with Crippen LogP contribution in [0.4, 0.5) is 5.82 Å². The van der Waals surface area contributed by atoms with Gasteiger partial charge in [-0.15, -0.1) is 11.8 Å². The summed E-state index contributed by atoms with van der Waals surface area (Å²) in [5.74, 6) is 1.95. The van der Waals surface area contributed by atoms with E-state index in [1.807, 2.05) is 18.0 Å². The van der Waals surface area contributed by atoms with Crippen molar-refractivity contribution in [2.75, 3.05) is 11.9 Å². The number of benzene rings is 1. The van der Waals surface area contributed by atoms with Crippen LogP contribution >= 0.6 is 11.8 Å². The van der Waals surface area contributed by atoms with Crippen molar-refractivity contribution < 1.29 is 0 Å². The lowest BCUT2D eigenvalue weighted by atomic mass is 10.1. The second kappa shape index (κ2) is 7.34. The van der Waals surface area contributed by atoms with Crippen molar-refractivity contribution in [2.45, 2.75) is 37.8 Å². The summed E-state index contributed by atoms with van der Waals surface area (Å²) in [6, 6.07) is 10.9. The molecular formula is C17H22N2S. The molecule has 20 heavy (non-hydrogen) atoms. The van der Waals surface area contributed by atoms with Crippen molar-refractivity contribution in [1.29, 1.82) is 0 Å². The fourth-order valence-electron chi connectivity index (χ4n) is 1.88. The first kappa shape index (κ1) is 14.9. The number of pyridine rings is 1. The van der Waals surface area contributed by atoms with Crippen LogP contribution in [0.2, 0.25) is 0 Å². The van der Waals surface area contributed by atoms with Gasteiger partial charge in [0.15, 0.2) is 0 Å². The average Bonchev–Trinajstić information content (AvgIpc) is 2.47. The van der Waals surface area contributed by atoms with Gasteiger partial charge < -0.3 is 5.32 Å². The number of aryl methyl sites for hydroxylation is 2. The normalized spacial score (nSPS) is 10.6. The molecule has 3 heteroatoms. The first-order chi connectivity index (χ1) is 9.69. The van der Waals surface area contributed by atoms with E-state index in [2.05, 4.69) is 61.4 Å². The summed E-state index contributed by atoms with van der Waals surface area (Å²) in [6.07, 6.45) is 3.00. The Kier molecular flexibility index (Phi) is 5.48. The fourth-order valence-corrected chi connectivity index (χ4v) is 2.82. The van der Waals surface area contributed by atoms with E-state index in [9.17, 15) is 0 Å². The summed E-state index contributed by atoms with van der Waals surface area (Å²) < 4.78 is 0. The van der Waals surface area contributed by atoms with Crippen molar-refractivity contribution in [1.82, 2.24) is 4.98 Å². The summed E-state index contributed by atoms with van der Waals surface area (Å²) >= 11 is 1.87. The highest BCUT2D eigenvalue weighted by Gasteiger charge is 2.00. The maximum absolute atomic E-state index is 4.34. The van der Waals surface area contributed by atoms with Crippen LogP contribution in [0.1, 0.15) is 30.0 Å². The number of nitrogens with zero attached hydrogens (tertiary/aromatic N) is 1. The summed E-state index contributed by atoms with van der Waals surface area (Å²) in [7, 11) is 0. The molecule has 1 N–H and O–H groups in total. The van der Waals surface area contributed by atoms with Crippen LogP contribution in [0.5, 0.6) is 0 Å². The van der Waals surface area contributed by atoms with Gasteiger partial charge in [0.05, 0.1) is 0 Å². The third kappa shape index (κ3) is 4.27. The second-order valence-corrected chi connectivity index (χ2v) is 6.06. The van der Waals surface area contributed by atoms with Crippen LogP contribution in [0.25, 0.3) is 0 Å². The van der Waals surface area contributed by atoms with E-state index < -0.39 is 0 Å². The molecule has 0 aliphatic rings. The Balaban J connectivity index is 1.97. The van der Waals surface area contributed by atoms with Crippen LogP contribution in [-0.4, -0.2) is 11.5 Å². The molecule has 0 radical (unpaired) electrons. The van der Waals surface area contributed by atoms with E-state index in [1.165, 1.54) is 21.6 Å². The Morgan fingerprint density at radius 1 is 1.10 bits per heavy atom. The SMILES string of the molecule is CCCNc1cc(CSc2ccc(C)c(C)c2)ccn1. The summed E-state index contributed by atoms with van der Waals surface area (Å²) in [5, 5.41) is 3.33. The number of nitrogens with one attached hydrogen (secondary N) is 1. The van der Waals surface area contributed by atoms with Crippen molar-refractivity contribution in [3.63, 3.8) is 0 Å². The zero-order valence-electron chi connectivity index (χ0n) is 12.4. The van der Waals surface area contributed by atoms with Crippen molar-refractivity contribution in [3.8, 4) is 0 Å². The molecule has 0 spiro atoms. The van der Waals surface area contributed by atoms with Gasteiger partial charge >= 0.3 is 0 Å². The smallest absolute Gasteiger partial charge is 0.126 e. The highest BCUT2D eigenvalue weighted by molar-refractivity contribution is 7.98. The number of thioether (sulfide) groups is 1. The number of hydrogen-bond acceptors (Lipinski definition) is 3. The largest absolute Gasteiger partial charge is 0.370 e. The Morgan fingerprint density at radius 2 is 1.95 bits per heavy atom. The maximum Gasteiger partial charge on any atom is 0.126 e.